The van der Waals surface area contributed by atoms with E-state index in [9.17, 15) is 0 Å². The summed E-state index contributed by atoms with van der Waals surface area (Å²) in [6.07, 6.45) is 4.71. The number of para-hydroxylation sites is 1. The van der Waals surface area contributed by atoms with Crippen molar-refractivity contribution in [1.29, 1.82) is 0 Å². The van der Waals surface area contributed by atoms with Gasteiger partial charge in [0.05, 0.1) is 11.2 Å². The third-order valence-electron chi connectivity index (χ3n) is 20.0. The van der Waals surface area contributed by atoms with Crippen LogP contribution in [0.15, 0.2) is 186 Å². The monoisotopic (exact) mass is 1090 g/mol. The van der Waals surface area contributed by atoms with Crippen molar-refractivity contribution in [3.63, 3.8) is 0 Å². The molecule has 0 saturated heterocycles. The first-order valence-electron chi connectivity index (χ1n) is 30.7. The van der Waals surface area contributed by atoms with Crippen molar-refractivity contribution < 1.29 is 4.42 Å². The highest BCUT2D eigenvalue weighted by atomic mass is 16.3. The first-order chi connectivity index (χ1) is 39.4. The molecule has 1 aliphatic carbocycles. The van der Waals surface area contributed by atoms with Crippen LogP contribution < -0.4 is 31.1 Å². The quantitative estimate of drug-likeness (QED) is 0.155. The Bertz CT molecular complexity index is 4180. The second kappa shape index (κ2) is 18.4. The molecule has 10 aromatic rings. The molecule has 416 valence electrons. The van der Waals surface area contributed by atoms with Gasteiger partial charge in [0.1, 0.15) is 11.2 Å². The van der Waals surface area contributed by atoms with Crippen molar-refractivity contribution in [3.05, 3.63) is 210 Å². The zero-order valence-corrected chi connectivity index (χ0v) is 51.5. The van der Waals surface area contributed by atoms with E-state index in [1.54, 1.807) is 0 Å². The van der Waals surface area contributed by atoms with Gasteiger partial charge in [0.25, 0.3) is 6.71 Å². The van der Waals surface area contributed by atoms with E-state index in [2.05, 4.69) is 294 Å². The van der Waals surface area contributed by atoms with Gasteiger partial charge >= 0.3 is 0 Å². The van der Waals surface area contributed by atoms with Crippen LogP contribution in [-0.4, -0.2) is 12.3 Å². The van der Waals surface area contributed by atoms with Crippen molar-refractivity contribution >= 4 is 90.5 Å². The Labute approximate surface area is 494 Å². The number of hydrogen-bond donors (Lipinski definition) is 0. The molecule has 14 rings (SSSR count). The number of hydrogen-bond acceptors (Lipinski definition) is 4. The maximum absolute atomic E-state index is 6.72. The smallest absolute Gasteiger partial charge is 0.252 e. The highest BCUT2D eigenvalue weighted by Gasteiger charge is 2.62. The third-order valence-corrected chi connectivity index (χ3v) is 20.0. The maximum atomic E-state index is 6.72. The number of nitrogens with zero attached hydrogens (tertiary/aromatic N) is 3. The van der Waals surface area contributed by atoms with Crippen LogP contribution in [0.25, 0.3) is 44.2 Å². The molecule has 83 heavy (non-hydrogen) atoms. The molecule has 5 heteroatoms. The first-order valence-corrected chi connectivity index (χ1v) is 30.7. The number of anilines is 8. The van der Waals surface area contributed by atoms with E-state index in [0.717, 1.165) is 57.5 Å². The molecular formula is C78H80BN3O. The van der Waals surface area contributed by atoms with E-state index in [-0.39, 0.29) is 39.3 Å². The first kappa shape index (κ1) is 53.3. The number of benzene rings is 9. The molecule has 0 N–H and O–H groups in total. The van der Waals surface area contributed by atoms with E-state index in [1.807, 2.05) is 0 Å². The summed E-state index contributed by atoms with van der Waals surface area (Å²) in [4.78, 5) is 8.09. The Morgan fingerprint density at radius 3 is 1.70 bits per heavy atom. The summed E-state index contributed by atoms with van der Waals surface area (Å²) in [5.74, 6) is 0. The van der Waals surface area contributed by atoms with Crippen molar-refractivity contribution in [3.8, 4) is 22.3 Å². The van der Waals surface area contributed by atoms with Crippen LogP contribution in [0.2, 0.25) is 0 Å². The van der Waals surface area contributed by atoms with Gasteiger partial charge in [0, 0.05) is 61.6 Å². The molecule has 4 nitrogen and oxygen atoms in total. The lowest BCUT2D eigenvalue weighted by Gasteiger charge is -2.53. The molecule has 2 atom stereocenters. The second-order valence-corrected chi connectivity index (χ2v) is 29.4. The van der Waals surface area contributed by atoms with Gasteiger partial charge in [-0.25, -0.2) is 0 Å². The summed E-state index contributed by atoms with van der Waals surface area (Å²) >= 11 is 0. The van der Waals surface area contributed by atoms with Crippen molar-refractivity contribution in [2.75, 3.05) is 14.7 Å². The Hall–Kier alpha value is -7.76. The fourth-order valence-corrected chi connectivity index (χ4v) is 15.0. The predicted molar refractivity (Wildman–Crippen MR) is 356 cm³/mol. The normalized spacial score (nSPS) is 18.3. The molecule has 3 aliphatic heterocycles. The lowest BCUT2D eigenvalue weighted by Crippen LogP contribution is -2.64. The molecule has 1 aromatic heterocycles. The van der Waals surface area contributed by atoms with Gasteiger partial charge in [0.2, 0.25) is 0 Å². The van der Waals surface area contributed by atoms with E-state index in [0.29, 0.717) is 0 Å². The third kappa shape index (κ3) is 8.21. The van der Waals surface area contributed by atoms with Crippen LogP contribution in [0.5, 0.6) is 0 Å². The summed E-state index contributed by atoms with van der Waals surface area (Å²) in [6, 6.07) is 70.3. The zero-order chi connectivity index (χ0) is 57.9. The molecule has 9 aromatic carbocycles. The average Bonchev–Trinajstić information content (AvgIpc) is 1.59. The summed E-state index contributed by atoms with van der Waals surface area (Å²) in [6.45, 7) is 33.3. The van der Waals surface area contributed by atoms with Crippen molar-refractivity contribution in [2.45, 2.75) is 155 Å². The summed E-state index contributed by atoms with van der Waals surface area (Å²) in [7, 11) is 0. The van der Waals surface area contributed by atoms with E-state index < -0.39 is 0 Å². The molecular weight excluding hydrogens is 1010 g/mol. The molecule has 1 fully saturated rings. The topological polar surface area (TPSA) is 22.9 Å². The Kier molecular flexibility index (Phi) is 11.8. The zero-order valence-electron chi connectivity index (χ0n) is 51.5. The minimum Gasteiger partial charge on any atom is -0.456 e. The van der Waals surface area contributed by atoms with Crippen LogP contribution in [0, 0.1) is 0 Å². The minimum atomic E-state index is -0.172. The van der Waals surface area contributed by atoms with Gasteiger partial charge in [-0.15, -0.1) is 0 Å². The molecule has 0 bridgehead atoms. The van der Waals surface area contributed by atoms with Crippen LogP contribution in [0.4, 0.5) is 45.5 Å². The molecule has 2 unspecified atom stereocenters. The molecule has 0 radical (unpaired) electrons. The van der Waals surface area contributed by atoms with Gasteiger partial charge in [0.15, 0.2) is 0 Å². The second-order valence-electron chi connectivity index (χ2n) is 29.4. The Balaban J connectivity index is 1.13. The van der Waals surface area contributed by atoms with Crippen LogP contribution >= 0.6 is 0 Å². The van der Waals surface area contributed by atoms with Gasteiger partial charge in [-0.05, 0) is 175 Å². The summed E-state index contributed by atoms with van der Waals surface area (Å²) in [5, 5.41) is 2.30. The SMILES string of the molecule is CC(C)(C)c1ccc(N(c2ccc(C(C)(C)C)cc2)c2ccc3c(c2)N(c2ccc(C(C)(C)C)cc2-c2ccccc2)c2cc(-c4cccc5oc6ccccc6c45)cc4c2B3c2cc(C(C)(C)C)cc3c2N4C2(C)CCCCC32C)cc1. The highest BCUT2D eigenvalue weighted by Crippen LogP contribution is 2.63. The van der Waals surface area contributed by atoms with Crippen LogP contribution in [0.1, 0.15) is 150 Å². The largest absolute Gasteiger partial charge is 0.456 e. The molecule has 4 aliphatic rings. The lowest BCUT2D eigenvalue weighted by atomic mass is 9.33. The van der Waals surface area contributed by atoms with Gasteiger partial charge in [-0.2, -0.15) is 0 Å². The molecule has 4 heterocycles. The van der Waals surface area contributed by atoms with Gasteiger partial charge in [-0.3, -0.25) is 0 Å². The maximum Gasteiger partial charge on any atom is 0.252 e. The summed E-state index contributed by atoms with van der Waals surface area (Å²) in [5.41, 5.74) is 26.9. The molecule has 1 saturated carbocycles. The van der Waals surface area contributed by atoms with E-state index in [1.165, 1.54) is 102 Å². The highest BCUT2D eigenvalue weighted by molar-refractivity contribution is 7.00. The number of fused-ring (bicyclic) bond motifs is 10. The fourth-order valence-electron chi connectivity index (χ4n) is 15.0. The number of rotatable bonds is 6. The molecule has 0 amide bonds. The van der Waals surface area contributed by atoms with Crippen LogP contribution in [0.3, 0.4) is 0 Å². The van der Waals surface area contributed by atoms with E-state index in [4.69, 9.17) is 4.42 Å². The Morgan fingerprint density at radius 1 is 0.446 bits per heavy atom. The number of furan rings is 1. The van der Waals surface area contributed by atoms with Gasteiger partial charge in [-0.1, -0.05) is 212 Å². The Morgan fingerprint density at radius 2 is 1.04 bits per heavy atom. The van der Waals surface area contributed by atoms with Gasteiger partial charge < -0.3 is 19.1 Å². The van der Waals surface area contributed by atoms with E-state index >= 15 is 0 Å². The molecule has 0 spiro atoms. The average molecular weight is 1090 g/mol. The fraction of sp³-hybridized carbons (Fsp3) is 0.308. The lowest BCUT2D eigenvalue weighted by molar-refractivity contribution is 0.195. The predicted octanol–water partition coefficient (Wildman–Crippen LogP) is 19.9. The van der Waals surface area contributed by atoms with Crippen LogP contribution in [-0.2, 0) is 27.1 Å². The standard InChI is InChI=1S/C78H80BN3O/c1-73(2,3)51-29-34-55(35-30-51)80(56-36-31-52(32-37-56)74(4,5)6)57-38-39-62-65(48-57)81(64-40-33-53(75(7,8)9)45-60(64)49-23-16-15-17-24-49)66-43-50(58-26-22-28-69-70(58)59-25-18-19-27-68(59)83-69)44-67-71(66)79(62)63-47-54(76(10,11)12)46-61-72(63)82(67)78(14)42-21-20-41-77(61,78)13/h15-19,22-40,43-48H,20-21,41-42H2,1-14H3. The van der Waals surface area contributed by atoms with Crippen molar-refractivity contribution in [2.24, 2.45) is 0 Å². The summed E-state index contributed by atoms with van der Waals surface area (Å²) < 4.78 is 6.72. The van der Waals surface area contributed by atoms with Crippen molar-refractivity contribution in [1.82, 2.24) is 0 Å². The minimum absolute atomic E-state index is 0.0110.